The van der Waals surface area contributed by atoms with Crippen molar-refractivity contribution in [1.29, 1.82) is 0 Å². The molecule has 76 valence electrons. The van der Waals surface area contributed by atoms with E-state index in [1.807, 2.05) is 0 Å². The van der Waals surface area contributed by atoms with Gasteiger partial charge < -0.3 is 4.74 Å². The van der Waals surface area contributed by atoms with Crippen LogP contribution < -0.4 is 0 Å². The van der Waals surface area contributed by atoms with Gasteiger partial charge in [0.2, 0.25) is 0 Å². The van der Waals surface area contributed by atoms with Crippen LogP contribution in [0.4, 0.5) is 0 Å². The maximum absolute atomic E-state index is 5.39. The van der Waals surface area contributed by atoms with E-state index in [2.05, 4.69) is 37.3 Å². The summed E-state index contributed by atoms with van der Waals surface area (Å²) in [5.41, 5.74) is 1.47. The Labute approximate surface area is 86.1 Å². The highest BCUT2D eigenvalue weighted by molar-refractivity contribution is 5.19. The number of hydrogen-bond acceptors (Lipinski definition) is 1. The molecule has 1 heterocycles. The van der Waals surface area contributed by atoms with Gasteiger partial charge in [-0.05, 0) is 30.2 Å². The molecule has 1 aromatic rings. The summed E-state index contributed by atoms with van der Waals surface area (Å²) in [5.74, 6) is 1.49. The van der Waals surface area contributed by atoms with Crippen molar-refractivity contribution in [3.8, 4) is 0 Å². The van der Waals surface area contributed by atoms with Gasteiger partial charge in [-0.3, -0.25) is 0 Å². The van der Waals surface area contributed by atoms with Crippen LogP contribution in [0.15, 0.2) is 30.3 Å². The van der Waals surface area contributed by atoms with Gasteiger partial charge in [-0.2, -0.15) is 0 Å². The second kappa shape index (κ2) is 4.61. The Kier molecular flexibility index (Phi) is 3.20. The topological polar surface area (TPSA) is 9.23 Å². The fraction of sp³-hybridized carbons (Fsp3) is 0.538. The molecule has 0 amide bonds. The van der Waals surface area contributed by atoms with E-state index in [-0.39, 0.29) is 0 Å². The van der Waals surface area contributed by atoms with Crippen LogP contribution in [0.3, 0.4) is 0 Å². The fourth-order valence-corrected chi connectivity index (χ4v) is 2.24. The minimum atomic E-state index is 0.681. The second-order valence-corrected chi connectivity index (χ2v) is 4.15. The first kappa shape index (κ1) is 9.72. The van der Waals surface area contributed by atoms with Crippen molar-refractivity contribution in [1.82, 2.24) is 0 Å². The molecule has 1 saturated heterocycles. The molecule has 0 bridgehead atoms. The summed E-state index contributed by atoms with van der Waals surface area (Å²) in [5, 5.41) is 0. The molecule has 1 aliphatic rings. The van der Waals surface area contributed by atoms with Crippen molar-refractivity contribution in [3.05, 3.63) is 35.9 Å². The predicted molar refractivity (Wildman–Crippen MR) is 58.4 cm³/mol. The van der Waals surface area contributed by atoms with E-state index >= 15 is 0 Å². The van der Waals surface area contributed by atoms with Crippen LogP contribution in [0, 0.1) is 5.92 Å². The Morgan fingerprint density at radius 1 is 1.14 bits per heavy atom. The van der Waals surface area contributed by atoms with Crippen LogP contribution in [-0.4, -0.2) is 13.2 Å². The first-order chi connectivity index (χ1) is 6.88. The Morgan fingerprint density at radius 3 is 2.43 bits per heavy atom. The van der Waals surface area contributed by atoms with Gasteiger partial charge in [-0.25, -0.2) is 0 Å². The van der Waals surface area contributed by atoms with Crippen LogP contribution >= 0.6 is 0 Å². The average molecular weight is 190 g/mol. The van der Waals surface area contributed by atoms with Crippen LogP contribution in [0.25, 0.3) is 0 Å². The minimum absolute atomic E-state index is 0.681. The molecule has 0 radical (unpaired) electrons. The molecule has 2 rings (SSSR count). The molecule has 1 aromatic carbocycles. The van der Waals surface area contributed by atoms with Gasteiger partial charge >= 0.3 is 0 Å². The van der Waals surface area contributed by atoms with Gasteiger partial charge in [-0.15, -0.1) is 0 Å². The maximum atomic E-state index is 5.39. The molecule has 0 aliphatic carbocycles. The molecule has 0 N–H and O–H groups in total. The van der Waals surface area contributed by atoms with Crippen LogP contribution in [0.2, 0.25) is 0 Å². The normalized spacial score (nSPS) is 20.6. The average Bonchev–Trinajstić information content (AvgIpc) is 2.30. The molecule has 1 fully saturated rings. The van der Waals surface area contributed by atoms with Gasteiger partial charge in [0, 0.05) is 13.2 Å². The molecular formula is C13H18O. The third kappa shape index (κ3) is 2.16. The zero-order chi connectivity index (χ0) is 9.80. The molecule has 0 aromatic heterocycles. The van der Waals surface area contributed by atoms with Crippen LogP contribution in [-0.2, 0) is 4.74 Å². The number of benzene rings is 1. The lowest BCUT2D eigenvalue weighted by Gasteiger charge is -2.28. The van der Waals surface area contributed by atoms with E-state index < -0.39 is 0 Å². The van der Waals surface area contributed by atoms with Gasteiger partial charge in [0.1, 0.15) is 0 Å². The molecule has 1 unspecified atom stereocenters. The Bertz CT molecular complexity index is 262. The number of ether oxygens (including phenoxy) is 1. The number of hydrogen-bond donors (Lipinski definition) is 0. The Hall–Kier alpha value is -0.820. The van der Waals surface area contributed by atoms with Crippen molar-refractivity contribution < 1.29 is 4.74 Å². The quantitative estimate of drug-likeness (QED) is 0.695. The summed E-state index contributed by atoms with van der Waals surface area (Å²) >= 11 is 0. The summed E-state index contributed by atoms with van der Waals surface area (Å²) in [7, 11) is 0. The summed E-state index contributed by atoms with van der Waals surface area (Å²) in [6, 6.07) is 10.8. The fourth-order valence-electron chi connectivity index (χ4n) is 2.24. The predicted octanol–water partition coefficient (Wildman–Crippen LogP) is 3.22. The van der Waals surface area contributed by atoms with Gasteiger partial charge in [0.05, 0.1) is 0 Å². The summed E-state index contributed by atoms with van der Waals surface area (Å²) in [6.07, 6.45) is 2.44. The largest absolute Gasteiger partial charge is 0.381 e. The van der Waals surface area contributed by atoms with Gasteiger partial charge in [0.15, 0.2) is 0 Å². The van der Waals surface area contributed by atoms with Crippen molar-refractivity contribution in [2.45, 2.75) is 25.7 Å². The highest BCUT2D eigenvalue weighted by atomic mass is 16.5. The van der Waals surface area contributed by atoms with Crippen LogP contribution in [0.1, 0.15) is 31.2 Å². The molecular weight excluding hydrogens is 172 g/mol. The summed E-state index contributed by atoms with van der Waals surface area (Å²) < 4.78 is 5.39. The molecule has 1 aliphatic heterocycles. The molecule has 1 nitrogen and oxygen atoms in total. The Balaban J connectivity index is 2.03. The third-order valence-corrected chi connectivity index (χ3v) is 3.30. The van der Waals surface area contributed by atoms with Crippen molar-refractivity contribution >= 4 is 0 Å². The van der Waals surface area contributed by atoms with Crippen molar-refractivity contribution in [2.75, 3.05) is 13.2 Å². The molecule has 1 heteroatoms. The minimum Gasteiger partial charge on any atom is -0.381 e. The van der Waals surface area contributed by atoms with Crippen molar-refractivity contribution in [3.63, 3.8) is 0 Å². The van der Waals surface area contributed by atoms with E-state index in [1.54, 1.807) is 0 Å². The smallest absolute Gasteiger partial charge is 0.0468 e. The lowest BCUT2D eigenvalue weighted by atomic mass is 9.83. The second-order valence-electron chi connectivity index (χ2n) is 4.15. The highest BCUT2D eigenvalue weighted by Gasteiger charge is 2.21. The van der Waals surface area contributed by atoms with E-state index in [0.717, 1.165) is 19.1 Å². The summed E-state index contributed by atoms with van der Waals surface area (Å²) in [4.78, 5) is 0. The first-order valence-corrected chi connectivity index (χ1v) is 5.50. The number of rotatable bonds is 2. The van der Waals surface area contributed by atoms with E-state index in [1.165, 1.54) is 18.4 Å². The van der Waals surface area contributed by atoms with Gasteiger partial charge in [-0.1, -0.05) is 37.3 Å². The van der Waals surface area contributed by atoms with E-state index in [4.69, 9.17) is 4.74 Å². The first-order valence-electron chi connectivity index (χ1n) is 5.50. The summed E-state index contributed by atoms with van der Waals surface area (Å²) in [6.45, 7) is 4.23. The monoisotopic (exact) mass is 190 g/mol. The lowest BCUT2D eigenvalue weighted by molar-refractivity contribution is 0.0596. The zero-order valence-corrected chi connectivity index (χ0v) is 8.78. The highest BCUT2D eigenvalue weighted by Crippen LogP contribution is 2.31. The molecule has 1 atom stereocenters. The van der Waals surface area contributed by atoms with E-state index in [0.29, 0.717) is 5.92 Å². The van der Waals surface area contributed by atoms with E-state index in [9.17, 15) is 0 Å². The van der Waals surface area contributed by atoms with Crippen LogP contribution in [0.5, 0.6) is 0 Å². The molecule has 14 heavy (non-hydrogen) atoms. The standard InChI is InChI=1S/C13H18O/c1-11(12-5-3-2-4-6-12)13-7-9-14-10-8-13/h2-6,11,13H,7-10H2,1H3. The molecule has 0 spiro atoms. The zero-order valence-electron chi connectivity index (χ0n) is 8.78. The maximum Gasteiger partial charge on any atom is 0.0468 e. The molecule has 0 saturated carbocycles. The Morgan fingerprint density at radius 2 is 1.79 bits per heavy atom. The third-order valence-electron chi connectivity index (χ3n) is 3.30. The lowest BCUT2D eigenvalue weighted by Crippen LogP contribution is -2.20. The SMILES string of the molecule is CC(c1ccccc1)C1CCOCC1. The van der Waals surface area contributed by atoms with Gasteiger partial charge in [0.25, 0.3) is 0 Å². The van der Waals surface area contributed by atoms with Crippen molar-refractivity contribution in [2.24, 2.45) is 5.92 Å².